The second kappa shape index (κ2) is 11.2. The van der Waals surface area contributed by atoms with Crippen LogP contribution < -0.4 is 9.47 Å². The highest BCUT2D eigenvalue weighted by molar-refractivity contribution is 6.32. The molecule has 2 N–H and O–H groups in total. The van der Waals surface area contributed by atoms with Crippen LogP contribution in [0.5, 0.6) is 11.5 Å². The molecule has 204 valence electrons. The maximum atomic E-state index is 13.4. The van der Waals surface area contributed by atoms with E-state index in [0.717, 1.165) is 25.7 Å². The molecule has 8 nitrogen and oxygen atoms in total. The summed E-state index contributed by atoms with van der Waals surface area (Å²) in [6.07, 6.45) is 4.65. The van der Waals surface area contributed by atoms with Gasteiger partial charge in [-0.1, -0.05) is 61.5 Å². The number of halogens is 1. The fourth-order valence-electron chi connectivity index (χ4n) is 6.06. The van der Waals surface area contributed by atoms with E-state index in [-0.39, 0.29) is 11.5 Å². The number of benzene rings is 3. The topological polar surface area (TPSA) is 127 Å². The molecule has 5 rings (SSSR count). The lowest BCUT2D eigenvalue weighted by Crippen LogP contribution is -2.35. The normalized spacial score (nSPS) is 23.3. The number of carboxylic acids is 2. The van der Waals surface area contributed by atoms with E-state index in [1.165, 1.54) is 0 Å². The number of carbonyl (C=O) groups is 4. The molecular weight excluding hydrogens is 524 g/mol. The van der Waals surface area contributed by atoms with Crippen LogP contribution in [-0.4, -0.2) is 34.1 Å². The van der Waals surface area contributed by atoms with Crippen LogP contribution in [0.3, 0.4) is 0 Å². The molecule has 0 radical (unpaired) electrons. The third-order valence-electron chi connectivity index (χ3n) is 8.06. The minimum Gasteiger partial charge on any atom is -0.481 e. The Morgan fingerprint density at radius 2 is 1.03 bits per heavy atom. The van der Waals surface area contributed by atoms with Crippen molar-refractivity contribution in [3.8, 4) is 11.5 Å². The Balaban J connectivity index is 1.59. The van der Waals surface area contributed by atoms with Crippen molar-refractivity contribution < 1.29 is 38.9 Å². The predicted molar refractivity (Wildman–Crippen MR) is 144 cm³/mol. The van der Waals surface area contributed by atoms with Crippen LogP contribution in [0.15, 0.2) is 42.5 Å². The predicted octanol–water partition coefficient (Wildman–Crippen LogP) is 6.24. The maximum Gasteiger partial charge on any atom is 0.315 e. The number of aliphatic carboxylic acids is 2. The monoisotopic (exact) mass is 552 g/mol. The Morgan fingerprint density at radius 1 is 0.615 bits per heavy atom. The fraction of sp³-hybridized carbons (Fsp3) is 0.400. The molecule has 0 amide bonds. The van der Waals surface area contributed by atoms with Crippen molar-refractivity contribution in [1.82, 2.24) is 0 Å². The number of hydrogen-bond acceptors (Lipinski definition) is 6. The summed E-state index contributed by atoms with van der Waals surface area (Å²) in [7, 11) is 0. The molecule has 2 aliphatic rings. The quantitative estimate of drug-likeness (QED) is 0.209. The van der Waals surface area contributed by atoms with Gasteiger partial charge in [-0.15, -0.1) is 0 Å². The molecule has 2 saturated carbocycles. The van der Waals surface area contributed by atoms with E-state index in [2.05, 4.69) is 0 Å². The average molecular weight is 553 g/mol. The lowest BCUT2D eigenvalue weighted by molar-refractivity contribution is -0.154. The number of carboxylic acid groups (broad SMARTS) is 2. The van der Waals surface area contributed by atoms with Crippen LogP contribution in [0.2, 0.25) is 5.02 Å². The third kappa shape index (κ3) is 5.30. The second-order valence-electron chi connectivity index (χ2n) is 10.4. The number of fused-ring (bicyclic) bond motifs is 2. The van der Waals surface area contributed by atoms with Gasteiger partial charge in [-0.25, -0.2) is 0 Å². The largest absolute Gasteiger partial charge is 0.481 e. The lowest BCUT2D eigenvalue weighted by Gasteiger charge is -2.28. The Bertz CT molecular complexity index is 1460. The van der Waals surface area contributed by atoms with E-state index in [9.17, 15) is 29.4 Å². The molecule has 3 aromatic carbocycles. The lowest BCUT2D eigenvalue weighted by atomic mass is 9.79. The van der Waals surface area contributed by atoms with Gasteiger partial charge >= 0.3 is 23.9 Å². The smallest absolute Gasteiger partial charge is 0.315 e. The van der Waals surface area contributed by atoms with Crippen LogP contribution in [0.4, 0.5) is 0 Å². The van der Waals surface area contributed by atoms with E-state index in [1.54, 1.807) is 42.5 Å². The zero-order valence-electron chi connectivity index (χ0n) is 21.2. The second-order valence-corrected chi connectivity index (χ2v) is 10.8. The minimum atomic E-state index is -1.01. The summed E-state index contributed by atoms with van der Waals surface area (Å²) in [6, 6.07) is 11.9. The Labute approximate surface area is 229 Å². The highest BCUT2D eigenvalue weighted by Gasteiger charge is 2.39. The van der Waals surface area contributed by atoms with Crippen molar-refractivity contribution in [2.24, 2.45) is 23.7 Å². The summed E-state index contributed by atoms with van der Waals surface area (Å²) in [5.74, 6) is -5.98. The fourth-order valence-corrected chi connectivity index (χ4v) is 6.23. The molecule has 3 aromatic rings. The number of carbonyl (C=O) groups excluding carboxylic acids is 2. The highest BCUT2D eigenvalue weighted by atomic mass is 35.5. The zero-order chi connectivity index (χ0) is 27.7. The van der Waals surface area contributed by atoms with Crippen LogP contribution in [0.1, 0.15) is 51.4 Å². The third-order valence-corrected chi connectivity index (χ3v) is 8.30. The summed E-state index contributed by atoms with van der Waals surface area (Å²) >= 11 is 6.33. The van der Waals surface area contributed by atoms with Crippen molar-refractivity contribution in [2.75, 3.05) is 0 Å². The Morgan fingerprint density at radius 3 is 1.49 bits per heavy atom. The molecule has 0 heterocycles. The van der Waals surface area contributed by atoms with Gasteiger partial charge in [0.1, 0.15) is 11.5 Å². The van der Waals surface area contributed by atoms with Crippen LogP contribution in [-0.2, 0) is 19.2 Å². The van der Waals surface area contributed by atoms with Crippen LogP contribution >= 0.6 is 11.6 Å². The standard InChI is InChI=1S/C30H29ClO8/c31-16-13-14-19-24(15-16)26(39-30(37)23-12-6-4-10-21(23)28(34)35)18-8-2-1-7-17(18)25(19)38-29(36)22-11-5-3-9-20(22)27(32)33/h1-2,7-8,13-15,20-23H,3-6,9-12H2,(H,32,33)(H,34,35). The van der Waals surface area contributed by atoms with Gasteiger partial charge in [0.15, 0.2) is 0 Å². The van der Waals surface area contributed by atoms with Crippen molar-refractivity contribution in [3.63, 3.8) is 0 Å². The van der Waals surface area contributed by atoms with Gasteiger partial charge in [-0.3, -0.25) is 19.2 Å². The summed E-state index contributed by atoms with van der Waals surface area (Å²) in [5.41, 5.74) is 0. The first-order valence-corrected chi connectivity index (χ1v) is 13.7. The molecule has 39 heavy (non-hydrogen) atoms. The Hall–Kier alpha value is -3.65. The van der Waals surface area contributed by atoms with Crippen molar-refractivity contribution in [1.29, 1.82) is 0 Å². The molecule has 0 aromatic heterocycles. The summed E-state index contributed by atoms with van der Waals surface area (Å²) in [6.45, 7) is 0. The van der Waals surface area contributed by atoms with E-state index < -0.39 is 47.5 Å². The summed E-state index contributed by atoms with van der Waals surface area (Å²) < 4.78 is 11.9. The number of rotatable bonds is 6. The summed E-state index contributed by atoms with van der Waals surface area (Å²) in [5, 5.41) is 21.6. The van der Waals surface area contributed by atoms with Crippen LogP contribution in [0.25, 0.3) is 21.5 Å². The maximum absolute atomic E-state index is 13.4. The van der Waals surface area contributed by atoms with Crippen molar-refractivity contribution in [2.45, 2.75) is 51.4 Å². The van der Waals surface area contributed by atoms with Gasteiger partial charge < -0.3 is 19.7 Å². The molecule has 2 aliphatic carbocycles. The van der Waals surface area contributed by atoms with Crippen LogP contribution in [0, 0.1) is 23.7 Å². The van der Waals surface area contributed by atoms with Gasteiger partial charge in [0.2, 0.25) is 0 Å². The van der Waals surface area contributed by atoms with E-state index in [0.29, 0.717) is 52.3 Å². The molecule has 2 fully saturated rings. The molecule has 0 aliphatic heterocycles. The van der Waals surface area contributed by atoms with Crippen molar-refractivity contribution >= 4 is 57.0 Å². The highest BCUT2D eigenvalue weighted by Crippen LogP contribution is 2.45. The molecule has 9 heteroatoms. The number of ether oxygens (including phenoxy) is 2. The van der Waals surface area contributed by atoms with Gasteiger partial charge in [0.25, 0.3) is 0 Å². The Kier molecular flexibility index (Phi) is 7.75. The zero-order valence-corrected chi connectivity index (χ0v) is 22.0. The molecular formula is C30H29ClO8. The molecule has 0 spiro atoms. The first-order chi connectivity index (χ1) is 18.8. The van der Waals surface area contributed by atoms with E-state index >= 15 is 0 Å². The first-order valence-electron chi connectivity index (χ1n) is 13.3. The van der Waals surface area contributed by atoms with E-state index in [1.807, 2.05) is 0 Å². The SMILES string of the molecule is O=C(O)C1CCCCC1C(=O)Oc1c2ccccc2c(OC(=O)C2CCCCC2C(=O)O)c2cc(Cl)ccc12. The molecule has 4 unspecified atom stereocenters. The molecule has 4 atom stereocenters. The minimum absolute atomic E-state index is 0.212. The van der Waals surface area contributed by atoms with E-state index in [4.69, 9.17) is 21.1 Å². The average Bonchev–Trinajstić information content (AvgIpc) is 2.94. The molecule has 0 bridgehead atoms. The van der Waals surface area contributed by atoms with Crippen molar-refractivity contribution in [3.05, 3.63) is 47.5 Å². The number of hydrogen-bond donors (Lipinski definition) is 2. The van der Waals surface area contributed by atoms with Gasteiger partial charge in [0.05, 0.1) is 23.7 Å². The molecule has 0 saturated heterocycles. The van der Waals surface area contributed by atoms with Gasteiger partial charge in [-0.2, -0.15) is 0 Å². The van der Waals surface area contributed by atoms with Gasteiger partial charge in [-0.05, 0) is 43.9 Å². The summed E-state index contributed by atoms with van der Waals surface area (Å²) in [4.78, 5) is 50.4. The number of esters is 2. The first kappa shape index (κ1) is 26.9. The van der Waals surface area contributed by atoms with Gasteiger partial charge in [0, 0.05) is 26.6 Å².